The molecule has 24 heavy (non-hydrogen) atoms. The van der Waals surface area contributed by atoms with Crippen LogP contribution in [0.15, 0.2) is 0 Å². The van der Waals surface area contributed by atoms with Gasteiger partial charge < -0.3 is 28.9 Å². The minimum atomic E-state index is -2.25. The highest BCUT2D eigenvalue weighted by atomic mass is 28.4. The van der Waals surface area contributed by atoms with Gasteiger partial charge in [0.2, 0.25) is 0 Å². The summed E-state index contributed by atoms with van der Waals surface area (Å²) in [5.41, 5.74) is 9.23. The van der Waals surface area contributed by atoms with Gasteiger partial charge in [-0.05, 0) is 18.1 Å². The highest BCUT2D eigenvalue weighted by molar-refractivity contribution is 6.74. The Bertz CT molecular complexity index is 499. The predicted molar refractivity (Wildman–Crippen MR) is 89.2 cm³/mol. The maximum atomic E-state index is 12.5. The molecule has 0 bridgehead atoms. The summed E-state index contributed by atoms with van der Waals surface area (Å²) in [6, 6.07) is 0. The van der Waals surface area contributed by atoms with E-state index in [0.29, 0.717) is 0 Å². The van der Waals surface area contributed by atoms with Gasteiger partial charge in [0.05, 0.1) is 0 Å². The second-order valence-electron chi connectivity index (χ2n) is 7.18. The Morgan fingerprint density at radius 2 is 1.62 bits per heavy atom. The van der Waals surface area contributed by atoms with E-state index in [1.807, 2.05) is 13.1 Å². The Hall–Kier alpha value is -0.933. The van der Waals surface area contributed by atoms with Crippen molar-refractivity contribution >= 4 is 19.8 Å². The number of nitrogens with zero attached hydrogens (tertiary/aromatic N) is 2. The molecule has 1 aliphatic carbocycles. The van der Waals surface area contributed by atoms with E-state index in [0.717, 1.165) is 0 Å². The van der Waals surface area contributed by atoms with Gasteiger partial charge in [-0.2, -0.15) is 4.79 Å². The fraction of sp³-hybridized carbons (Fsp3) is 0.867. The van der Waals surface area contributed by atoms with Crippen molar-refractivity contribution in [3.63, 3.8) is 0 Å². The third-order valence-electron chi connectivity index (χ3n) is 4.46. The molecule has 0 aromatic heterocycles. The number of carbonyl (C=O) groups is 1. The van der Waals surface area contributed by atoms with Crippen LogP contribution in [0.3, 0.4) is 0 Å². The zero-order valence-electron chi connectivity index (χ0n) is 15.5. The SMILES string of the molecule is COCO[C@H]1[C@H](OCOC)C(=O)C(=[N+]=[N-])[C@H]1O[Si](C)(C)C(C)(C)C. The van der Waals surface area contributed by atoms with Crippen LogP contribution in [-0.2, 0) is 28.2 Å². The van der Waals surface area contributed by atoms with Crippen molar-refractivity contribution < 1.29 is 33.0 Å². The van der Waals surface area contributed by atoms with Crippen molar-refractivity contribution in [3.05, 3.63) is 5.53 Å². The van der Waals surface area contributed by atoms with Gasteiger partial charge in [0, 0.05) is 14.2 Å². The number of hydrogen-bond donors (Lipinski definition) is 0. The molecular formula is C15H28N2O6Si. The van der Waals surface area contributed by atoms with Crippen LogP contribution in [0.4, 0.5) is 0 Å². The molecule has 0 N–H and O–H groups in total. The minimum absolute atomic E-state index is 0.0408. The van der Waals surface area contributed by atoms with E-state index in [4.69, 9.17) is 23.4 Å². The van der Waals surface area contributed by atoms with Crippen molar-refractivity contribution in [3.8, 4) is 0 Å². The molecule has 0 amide bonds. The van der Waals surface area contributed by atoms with Gasteiger partial charge in [0.1, 0.15) is 19.7 Å². The lowest BCUT2D eigenvalue weighted by Crippen LogP contribution is -2.49. The van der Waals surface area contributed by atoms with Crippen LogP contribution < -0.4 is 0 Å². The van der Waals surface area contributed by atoms with Crippen molar-refractivity contribution in [2.45, 2.75) is 57.2 Å². The van der Waals surface area contributed by atoms with Gasteiger partial charge in [0.25, 0.3) is 5.78 Å². The first-order valence-corrected chi connectivity index (χ1v) is 10.7. The maximum absolute atomic E-state index is 12.5. The number of ketones is 1. The van der Waals surface area contributed by atoms with Gasteiger partial charge in [-0.3, -0.25) is 4.79 Å². The lowest BCUT2D eigenvalue weighted by Gasteiger charge is -2.38. The van der Waals surface area contributed by atoms with Crippen molar-refractivity contribution in [2.24, 2.45) is 0 Å². The molecule has 0 spiro atoms. The average Bonchev–Trinajstić information content (AvgIpc) is 2.72. The molecule has 0 saturated heterocycles. The fourth-order valence-corrected chi connectivity index (χ4v) is 3.34. The zero-order valence-corrected chi connectivity index (χ0v) is 16.5. The zero-order chi connectivity index (χ0) is 18.5. The van der Waals surface area contributed by atoms with Gasteiger partial charge in [0.15, 0.2) is 20.5 Å². The summed E-state index contributed by atoms with van der Waals surface area (Å²) < 4.78 is 27.1. The molecule has 0 aromatic carbocycles. The fourth-order valence-electron chi connectivity index (χ4n) is 2.11. The average molecular weight is 360 g/mol. The standard InChI is InChI=1S/C15H28N2O6Si/c1-15(2,3)24(6,7)23-12-10(17-16)11(18)13(21-8-19-4)14(12)22-9-20-5/h12-14H,8-9H2,1-7H3/t12-,13-,14-/m1/s1. The van der Waals surface area contributed by atoms with Crippen molar-refractivity contribution in [2.75, 3.05) is 27.8 Å². The van der Waals surface area contributed by atoms with E-state index in [9.17, 15) is 10.3 Å². The van der Waals surface area contributed by atoms with E-state index in [2.05, 4.69) is 25.6 Å². The van der Waals surface area contributed by atoms with E-state index < -0.39 is 32.4 Å². The molecule has 1 aliphatic rings. The predicted octanol–water partition coefficient (Wildman–Crippen LogP) is 1.61. The minimum Gasteiger partial charge on any atom is -0.401 e. The third-order valence-corrected chi connectivity index (χ3v) is 8.91. The van der Waals surface area contributed by atoms with Crippen LogP contribution in [0.25, 0.3) is 5.53 Å². The summed E-state index contributed by atoms with van der Waals surface area (Å²) in [5, 5.41) is -0.0894. The molecule has 8 nitrogen and oxygen atoms in total. The number of hydrogen-bond acceptors (Lipinski definition) is 6. The first-order valence-electron chi connectivity index (χ1n) is 7.75. The van der Waals surface area contributed by atoms with E-state index >= 15 is 0 Å². The molecule has 0 unspecified atom stereocenters. The molecular weight excluding hydrogens is 332 g/mol. The molecule has 1 rings (SSSR count). The molecule has 3 atom stereocenters. The number of ether oxygens (including phenoxy) is 4. The summed E-state index contributed by atoms with van der Waals surface area (Å²) in [4.78, 5) is 15.7. The monoisotopic (exact) mass is 360 g/mol. The molecule has 9 heteroatoms. The van der Waals surface area contributed by atoms with E-state index in [1.165, 1.54) is 14.2 Å². The molecule has 0 aliphatic heterocycles. The van der Waals surface area contributed by atoms with E-state index in [-0.39, 0.29) is 24.3 Å². The first-order chi connectivity index (χ1) is 11.1. The topological polar surface area (TPSA) is 99.6 Å². The Morgan fingerprint density at radius 1 is 1.08 bits per heavy atom. The van der Waals surface area contributed by atoms with Gasteiger partial charge in [-0.1, -0.05) is 20.8 Å². The van der Waals surface area contributed by atoms with Crippen LogP contribution in [0.2, 0.25) is 18.1 Å². The Balaban J connectivity index is 3.15. The summed E-state index contributed by atoms with van der Waals surface area (Å²) >= 11 is 0. The lowest BCUT2D eigenvalue weighted by atomic mass is 10.2. The molecule has 0 heterocycles. The van der Waals surface area contributed by atoms with Crippen LogP contribution in [0.1, 0.15) is 20.8 Å². The summed E-state index contributed by atoms with van der Waals surface area (Å²) in [6.45, 7) is 10.2. The third kappa shape index (κ3) is 4.57. The van der Waals surface area contributed by atoms with Gasteiger partial charge in [-0.25, -0.2) is 0 Å². The highest BCUT2D eigenvalue weighted by Gasteiger charge is 2.58. The van der Waals surface area contributed by atoms with Gasteiger partial charge in [-0.15, -0.1) is 0 Å². The second kappa shape index (κ2) is 8.44. The Labute approximate surface area is 144 Å². The van der Waals surface area contributed by atoms with Crippen LogP contribution in [0.5, 0.6) is 0 Å². The quantitative estimate of drug-likeness (QED) is 0.282. The number of rotatable bonds is 8. The Morgan fingerprint density at radius 3 is 2.08 bits per heavy atom. The maximum Gasteiger partial charge on any atom is 0.367 e. The number of Topliss-reactive ketones (excluding diaryl/α,β-unsaturated/α-hetero) is 1. The second-order valence-corrected chi connectivity index (χ2v) is 11.9. The summed E-state index contributed by atoms with van der Waals surface area (Å²) in [5.74, 6) is -0.473. The molecule has 138 valence electrons. The van der Waals surface area contributed by atoms with Crippen molar-refractivity contribution in [1.29, 1.82) is 0 Å². The molecule has 0 aromatic rings. The van der Waals surface area contributed by atoms with Crippen LogP contribution in [-0.4, -0.2) is 70.7 Å². The molecule has 0 radical (unpaired) electrons. The van der Waals surface area contributed by atoms with Crippen LogP contribution >= 0.6 is 0 Å². The smallest absolute Gasteiger partial charge is 0.367 e. The van der Waals surface area contributed by atoms with Crippen LogP contribution in [0, 0.1) is 0 Å². The van der Waals surface area contributed by atoms with Crippen molar-refractivity contribution in [1.82, 2.24) is 0 Å². The largest absolute Gasteiger partial charge is 0.401 e. The highest BCUT2D eigenvalue weighted by Crippen LogP contribution is 2.39. The summed E-state index contributed by atoms with van der Waals surface area (Å²) in [6.07, 6.45) is -2.56. The molecule has 1 fully saturated rings. The first kappa shape index (κ1) is 21.1. The lowest BCUT2D eigenvalue weighted by molar-refractivity contribution is -0.169. The molecule has 1 saturated carbocycles. The van der Waals surface area contributed by atoms with E-state index in [1.54, 1.807) is 0 Å². The number of carbonyl (C=O) groups excluding carboxylic acids is 1. The van der Waals surface area contributed by atoms with Gasteiger partial charge >= 0.3 is 5.71 Å². The summed E-state index contributed by atoms with van der Waals surface area (Å²) in [7, 11) is 0.681. The normalized spacial score (nSPS) is 25.2. The Kier molecular flexibility index (Phi) is 7.42. The number of methoxy groups -OCH3 is 2.